The molecule has 1 N–H and O–H groups in total. The fraction of sp³-hybridized carbons (Fsp3) is 0.263. The number of aromatic nitrogens is 2. The Morgan fingerprint density at radius 3 is 2.71 bits per heavy atom. The van der Waals surface area contributed by atoms with Crippen molar-refractivity contribution in [1.29, 1.82) is 0 Å². The first-order valence-electron chi connectivity index (χ1n) is 7.92. The molecule has 5 nitrogen and oxygen atoms in total. The second-order valence-electron chi connectivity index (χ2n) is 5.82. The third kappa shape index (κ3) is 2.97. The maximum atomic E-state index is 12.7. The van der Waals surface area contributed by atoms with Gasteiger partial charge in [-0.05, 0) is 19.1 Å². The van der Waals surface area contributed by atoms with Gasteiger partial charge in [0.05, 0.1) is 30.8 Å². The quantitative estimate of drug-likeness (QED) is 0.783. The molecule has 0 spiro atoms. The standard InChI is InChI=1S/C19H21N3O2/c1-13(14-8-5-7-11-18(14)24-3)22(2)19(23)12-17-15-9-4-6-10-16(15)20-21-17/h4-11,13H,12H2,1-3H3,(H,20,21)/t13-/m1/s1. The third-order valence-electron chi connectivity index (χ3n) is 4.43. The Kier molecular flexibility index (Phi) is 4.51. The summed E-state index contributed by atoms with van der Waals surface area (Å²) in [5.74, 6) is 0.819. The molecule has 0 fully saturated rings. The number of aromatic amines is 1. The first-order valence-corrected chi connectivity index (χ1v) is 7.92. The number of amides is 1. The van der Waals surface area contributed by atoms with E-state index >= 15 is 0 Å². The van der Waals surface area contributed by atoms with Crippen molar-refractivity contribution in [3.63, 3.8) is 0 Å². The molecule has 0 aliphatic carbocycles. The van der Waals surface area contributed by atoms with Gasteiger partial charge in [0, 0.05) is 18.0 Å². The van der Waals surface area contributed by atoms with Gasteiger partial charge in [0.1, 0.15) is 5.75 Å². The first kappa shape index (κ1) is 16.1. The number of hydrogen-bond acceptors (Lipinski definition) is 3. The number of methoxy groups -OCH3 is 1. The van der Waals surface area contributed by atoms with Crippen LogP contribution in [0.4, 0.5) is 0 Å². The zero-order chi connectivity index (χ0) is 17.1. The number of carbonyl (C=O) groups is 1. The van der Waals surface area contributed by atoms with Crippen LogP contribution in [0, 0.1) is 0 Å². The van der Waals surface area contributed by atoms with Crippen LogP contribution in [0.25, 0.3) is 10.9 Å². The van der Waals surface area contributed by atoms with Gasteiger partial charge in [-0.25, -0.2) is 0 Å². The second-order valence-corrected chi connectivity index (χ2v) is 5.82. The first-order chi connectivity index (χ1) is 11.6. The highest BCUT2D eigenvalue weighted by Gasteiger charge is 2.21. The number of nitrogens with zero attached hydrogens (tertiary/aromatic N) is 2. The van der Waals surface area contributed by atoms with Crippen LogP contribution in [0.3, 0.4) is 0 Å². The zero-order valence-electron chi connectivity index (χ0n) is 14.1. The van der Waals surface area contributed by atoms with Gasteiger partial charge in [0.25, 0.3) is 0 Å². The lowest BCUT2D eigenvalue weighted by Gasteiger charge is -2.26. The van der Waals surface area contributed by atoms with Crippen molar-refractivity contribution in [3.8, 4) is 5.75 Å². The molecule has 124 valence electrons. The molecule has 0 unspecified atom stereocenters. The minimum Gasteiger partial charge on any atom is -0.496 e. The number of benzene rings is 2. The summed E-state index contributed by atoms with van der Waals surface area (Å²) in [7, 11) is 3.46. The molecule has 1 amide bonds. The molecule has 5 heteroatoms. The molecule has 3 aromatic rings. The fourth-order valence-corrected chi connectivity index (χ4v) is 2.86. The van der Waals surface area contributed by atoms with Crippen molar-refractivity contribution in [1.82, 2.24) is 15.1 Å². The lowest BCUT2D eigenvalue weighted by atomic mass is 10.1. The van der Waals surface area contributed by atoms with Crippen molar-refractivity contribution < 1.29 is 9.53 Å². The third-order valence-corrected chi connectivity index (χ3v) is 4.43. The molecule has 0 aliphatic rings. The normalized spacial score (nSPS) is 12.1. The Morgan fingerprint density at radius 2 is 1.92 bits per heavy atom. The Bertz CT molecular complexity index is 856. The van der Waals surface area contributed by atoms with Gasteiger partial charge in [-0.2, -0.15) is 5.10 Å². The summed E-state index contributed by atoms with van der Waals surface area (Å²) in [4.78, 5) is 14.4. The lowest BCUT2D eigenvalue weighted by Crippen LogP contribution is -2.31. The minimum absolute atomic E-state index is 0.0304. The van der Waals surface area contributed by atoms with E-state index in [0.29, 0.717) is 0 Å². The molecular weight excluding hydrogens is 302 g/mol. The molecule has 1 heterocycles. The van der Waals surface area contributed by atoms with Crippen LogP contribution in [0.2, 0.25) is 0 Å². The Morgan fingerprint density at radius 1 is 1.21 bits per heavy atom. The number of ether oxygens (including phenoxy) is 1. The van der Waals surface area contributed by atoms with E-state index in [4.69, 9.17) is 4.74 Å². The highest BCUT2D eigenvalue weighted by Crippen LogP contribution is 2.28. The van der Waals surface area contributed by atoms with E-state index in [9.17, 15) is 4.79 Å². The average Bonchev–Trinajstić information content (AvgIpc) is 3.03. The number of fused-ring (bicyclic) bond motifs is 1. The lowest BCUT2D eigenvalue weighted by molar-refractivity contribution is -0.131. The van der Waals surface area contributed by atoms with Crippen LogP contribution in [0.15, 0.2) is 48.5 Å². The van der Waals surface area contributed by atoms with Crippen molar-refractivity contribution in [2.24, 2.45) is 0 Å². The van der Waals surface area contributed by atoms with Crippen LogP contribution < -0.4 is 4.74 Å². The van der Waals surface area contributed by atoms with Crippen molar-refractivity contribution >= 4 is 16.8 Å². The highest BCUT2D eigenvalue weighted by molar-refractivity contribution is 5.87. The van der Waals surface area contributed by atoms with E-state index < -0.39 is 0 Å². The second kappa shape index (κ2) is 6.74. The van der Waals surface area contributed by atoms with Gasteiger partial charge >= 0.3 is 0 Å². The summed E-state index contributed by atoms with van der Waals surface area (Å²) >= 11 is 0. The topological polar surface area (TPSA) is 58.2 Å². The molecule has 1 atom stereocenters. The van der Waals surface area contributed by atoms with E-state index in [1.165, 1.54) is 0 Å². The Labute approximate surface area is 141 Å². The summed E-state index contributed by atoms with van der Waals surface area (Å²) < 4.78 is 5.41. The van der Waals surface area contributed by atoms with Crippen molar-refractivity contribution in [2.75, 3.05) is 14.2 Å². The summed E-state index contributed by atoms with van der Waals surface area (Å²) in [6, 6.07) is 15.5. The monoisotopic (exact) mass is 323 g/mol. The number of rotatable bonds is 5. The van der Waals surface area contributed by atoms with E-state index in [0.717, 1.165) is 27.9 Å². The largest absolute Gasteiger partial charge is 0.496 e. The smallest absolute Gasteiger partial charge is 0.228 e. The number of hydrogen-bond donors (Lipinski definition) is 1. The molecule has 0 aliphatic heterocycles. The maximum absolute atomic E-state index is 12.7. The van der Waals surface area contributed by atoms with Crippen LogP contribution in [0.5, 0.6) is 5.75 Å². The van der Waals surface area contributed by atoms with Gasteiger partial charge in [0.15, 0.2) is 0 Å². The van der Waals surface area contributed by atoms with E-state index in [-0.39, 0.29) is 18.4 Å². The Hall–Kier alpha value is -2.82. The number of nitrogens with one attached hydrogen (secondary N) is 1. The minimum atomic E-state index is -0.0807. The van der Waals surface area contributed by atoms with Crippen molar-refractivity contribution in [2.45, 2.75) is 19.4 Å². The number of likely N-dealkylation sites (N-methyl/N-ethyl adjacent to an activating group) is 1. The zero-order valence-corrected chi connectivity index (χ0v) is 14.1. The molecule has 3 rings (SSSR count). The van der Waals surface area contributed by atoms with Gasteiger partial charge in [-0.1, -0.05) is 36.4 Å². The number of carbonyl (C=O) groups excluding carboxylic acids is 1. The highest BCUT2D eigenvalue weighted by atomic mass is 16.5. The maximum Gasteiger partial charge on any atom is 0.228 e. The van der Waals surface area contributed by atoms with Crippen LogP contribution in [-0.2, 0) is 11.2 Å². The summed E-state index contributed by atoms with van der Waals surface area (Å²) in [6.07, 6.45) is 0.288. The van der Waals surface area contributed by atoms with Gasteiger partial charge < -0.3 is 9.64 Å². The fourth-order valence-electron chi connectivity index (χ4n) is 2.86. The molecule has 1 aromatic heterocycles. The van der Waals surface area contributed by atoms with Crippen LogP contribution in [0.1, 0.15) is 24.2 Å². The predicted octanol–water partition coefficient (Wildman–Crippen LogP) is 3.33. The van der Waals surface area contributed by atoms with Gasteiger partial charge in [-0.3, -0.25) is 9.89 Å². The number of para-hydroxylation sites is 2. The van der Waals surface area contributed by atoms with Crippen LogP contribution >= 0.6 is 0 Å². The molecule has 2 aromatic carbocycles. The summed E-state index contributed by atoms with van der Waals surface area (Å²) in [6.45, 7) is 2.00. The average molecular weight is 323 g/mol. The Balaban J connectivity index is 1.79. The van der Waals surface area contributed by atoms with Crippen molar-refractivity contribution in [3.05, 3.63) is 59.8 Å². The number of H-pyrrole nitrogens is 1. The van der Waals surface area contributed by atoms with E-state index in [1.807, 2.05) is 62.5 Å². The molecular formula is C19H21N3O2. The molecule has 0 saturated heterocycles. The predicted molar refractivity (Wildman–Crippen MR) is 94.0 cm³/mol. The summed E-state index contributed by atoms with van der Waals surface area (Å²) in [5, 5.41) is 8.21. The van der Waals surface area contributed by atoms with Gasteiger partial charge in [-0.15, -0.1) is 0 Å². The summed E-state index contributed by atoms with van der Waals surface area (Å²) in [5.41, 5.74) is 2.71. The SMILES string of the molecule is COc1ccccc1[C@@H](C)N(C)C(=O)Cc1[nH]nc2ccccc12. The molecule has 24 heavy (non-hydrogen) atoms. The van der Waals surface area contributed by atoms with E-state index in [2.05, 4.69) is 10.2 Å². The molecule has 0 bridgehead atoms. The molecule has 0 saturated carbocycles. The molecule has 0 radical (unpaired) electrons. The van der Waals surface area contributed by atoms with Crippen LogP contribution in [-0.4, -0.2) is 35.2 Å². The van der Waals surface area contributed by atoms with Gasteiger partial charge in [0.2, 0.25) is 5.91 Å². The van der Waals surface area contributed by atoms with E-state index in [1.54, 1.807) is 12.0 Å².